The van der Waals surface area contributed by atoms with Crippen molar-refractivity contribution in [1.82, 2.24) is 0 Å². The number of hydrogen-bond acceptors (Lipinski definition) is 2. The molecule has 0 aliphatic carbocycles. The van der Waals surface area contributed by atoms with E-state index < -0.39 is 0 Å². The van der Waals surface area contributed by atoms with Crippen LogP contribution in [-0.2, 0) is 12.0 Å². The maximum absolute atomic E-state index is 13.9. The van der Waals surface area contributed by atoms with Gasteiger partial charge in [0.1, 0.15) is 0 Å². The summed E-state index contributed by atoms with van der Waals surface area (Å²) in [6.45, 7) is 15.8. The van der Waals surface area contributed by atoms with Crippen molar-refractivity contribution in [2.45, 2.75) is 72.3 Å². The van der Waals surface area contributed by atoms with E-state index in [1.165, 1.54) is 5.56 Å². The fraction of sp³-hybridized carbons (Fsp3) is 0.406. The van der Waals surface area contributed by atoms with Gasteiger partial charge in [-0.15, -0.1) is 0 Å². The van der Waals surface area contributed by atoms with Crippen LogP contribution < -0.4 is 15.1 Å². The highest BCUT2D eigenvalue weighted by Gasteiger charge is 2.22. The van der Waals surface area contributed by atoms with Crippen molar-refractivity contribution in [3.8, 4) is 0 Å². The molecule has 4 nitrogen and oxygen atoms in total. The first kappa shape index (κ1) is 27.3. The zero-order valence-electron chi connectivity index (χ0n) is 23.5. The van der Waals surface area contributed by atoms with E-state index in [2.05, 4.69) is 125 Å². The molecule has 0 atom stereocenters. The van der Waals surface area contributed by atoms with Crippen LogP contribution in [0.25, 0.3) is 0 Å². The minimum absolute atomic E-state index is 0.0516. The van der Waals surface area contributed by atoms with Crippen LogP contribution in [0.5, 0.6) is 0 Å². The molecule has 4 heteroatoms. The Morgan fingerprint density at radius 2 is 1.28 bits per heavy atom. The van der Waals surface area contributed by atoms with Crippen molar-refractivity contribution in [2.24, 2.45) is 0 Å². The molecule has 0 saturated heterocycles. The van der Waals surface area contributed by atoms with Crippen molar-refractivity contribution in [3.05, 3.63) is 89.0 Å². The van der Waals surface area contributed by atoms with Crippen LogP contribution in [0.4, 0.5) is 21.9 Å². The molecule has 0 unspecified atom stereocenters. The second-order valence-electron chi connectivity index (χ2n) is 11.5. The number of amides is 2. The summed E-state index contributed by atoms with van der Waals surface area (Å²) < 4.78 is 0. The molecule has 3 rings (SSSR count). The molecule has 0 fully saturated rings. The number of nitrogens with zero attached hydrogens (tertiary/aromatic N) is 2. The number of carbonyl (C=O) groups excluding carboxylic acids is 1. The molecule has 0 aliphatic heterocycles. The fourth-order valence-electron chi connectivity index (χ4n) is 4.37. The van der Waals surface area contributed by atoms with Gasteiger partial charge in [0, 0.05) is 31.2 Å². The Balaban J connectivity index is 2.01. The summed E-state index contributed by atoms with van der Waals surface area (Å²) in [5.41, 5.74) is 7.65. The fourth-order valence-corrected chi connectivity index (χ4v) is 4.37. The van der Waals surface area contributed by atoms with Crippen molar-refractivity contribution >= 4 is 23.1 Å². The molecule has 0 radical (unpaired) electrons. The maximum Gasteiger partial charge on any atom is 0.326 e. The molecule has 36 heavy (non-hydrogen) atoms. The molecule has 3 aromatic rings. The largest absolute Gasteiger partial charge is 0.378 e. The van der Waals surface area contributed by atoms with Gasteiger partial charge in [-0.1, -0.05) is 90.9 Å². The third kappa shape index (κ3) is 6.48. The molecule has 0 heterocycles. The molecule has 0 saturated carbocycles. The molecule has 1 N–H and O–H groups in total. The second kappa shape index (κ2) is 11.2. The Bertz CT molecular complexity index is 1130. The monoisotopic (exact) mass is 485 g/mol. The highest BCUT2D eigenvalue weighted by atomic mass is 16.2. The number of carbonyl (C=O) groups is 1. The summed E-state index contributed by atoms with van der Waals surface area (Å²) in [7, 11) is 4.06. The van der Waals surface area contributed by atoms with E-state index >= 15 is 0 Å². The summed E-state index contributed by atoms with van der Waals surface area (Å²) in [6, 6.07) is 23.0. The molecule has 3 aromatic carbocycles. The van der Waals surface area contributed by atoms with Gasteiger partial charge in [-0.2, -0.15) is 0 Å². The van der Waals surface area contributed by atoms with Gasteiger partial charge in [0.25, 0.3) is 0 Å². The van der Waals surface area contributed by atoms with Crippen molar-refractivity contribution in [1.29, 1.82) is 0 Å². The summed E-state index contributed by atoms with van der Waals surface area (Å²) >= 11 is 0. The van der Waals surface area contributed by atoms with Crippen LogP contribution in [0.15, 0.2) is 66.7 Å². The molecule has 0 bridgehead atoms. The third-order valence-corrected chi connectivity index (χ3v) is 6.69. The molecule has 2 amide bonds. The molecule has 0 spiro atoms. The number of nitrogens with one attached hydrogen (secondary N) is 1. The van der Waals surface area contributed by atoms with Crippen LogP contribution >= 0.6 is 0 Å². The number of rotatable bonds is 7. The Morgan fingerprint density at radius 1 is 0.778 bits per heavy atom. The smallest absolute Gasteiger partial charge is 0.326 e. The summed E-state index contributed by atoms with van der Waals surface area (Å²) in [4.78, 5) is 17.9. The van der Waals surface area contributed by atoms with Gasteiger partial charge >= 0.3 is 6.03 Å². The average molecular weight is 486 g/mol. The van der Waals surface area contributed by atoms with Crippen LogP contribution in [0.1, 0.15) is 82.6 Å². The Hall–Kier alpha value is -3.27. The number of benzene rings is 3. The zero-order chi connectivity index (χ0) is 26.6. The lowest BCUT2D eigenvalue weighted by atomic mass is 9.87. The Morgan fingerprint density at radius 3 is 1.72 bits per heavy atom. The summed E-state index contributed by atoms with van der Waals surface area (Å²) in [5.74, 6) is 0.606. The maximum atomic E-state index is 13.9. The molecule has 192 valence electrons. The molecule has 0 aromatic heterocycles. The first-order chi connectivity index (χ1) is 16.9. The number of urea groups is 1. The summed E-state index contributed by atoms with van der Waals surface area (Å²) in [5, 5.41) is 3.31. The number of anilines is 3. The van der Waals surface area contributed by atoms with E-state index in [4.69, 9.17) is 0 Å². The van der Waals surface area contributed by atoms with Crippen molar-refractivity contribution in [3.63, 3.8) is 0 Å². The molecular weight excluding hydrogens is 442 g/mol. The second-order valence-corrected chi connectivity index (χ2v) is 11.5. The molecular formula is C32H43N3O. The standard InChI is InChI=1S/C32H43N3O/c1-22(2)28-11-10-12-29(23(3)4)30(28)33-31(36)35(21-24-13-17-26(18-14-24)34(8)9)27-19-15-25(16-20-27)32(5,6)7/h10-20,22-23H,21H2,1-9H3,(H,33,36). The normalized spacial score (nSPS) is 11.6. The van der Waals surface area contributed by atoms with E-state index in [0.717, 1.165) is 33.8 Å². The van der Waals surface area contributed by atoms with E-state index in [1.54, 1.807) is 0 Å². The highest BCUT2D eigenvalue weighted by Crippen LogP contribution is 2.33. The Labute approximate surface area is 218 Å². The quantitative estimate of drug-likeness (QED) is 0.364. The van der Waals surface area contributed by atoms with Crippen LogP contribution in [0, 0.1) is 0 Å². The van der Waals surface area contributed by atoms with Gasteiger partial charge in [-0.25, -0.2) is 4.79 Å². The Kier molecular flexibility index (Phi) is 8.50. The van der Waals surface area contributed by atoms with Gasteiger partial charge in [-0.3, -0.25) is 4.90 Å². The van der Waals surface area contributed by atoms with Crippen molar-refractivity contribution < 1.29 is 4.79 Å². The topological polar surface area (TPSA) is 35.6 Å². The van der Waals surface area contributed by atoms with E-state index in [1.807, 2.05) is 19.0 Å². The van der Waals surface area contributed by atoms with E-state index in [9.17, 15) is 4.79 Å². The lowest BCUT2D eigenvalue weighted by Crippen LogP contribution is -2.35. The van der Waals surface area contributed by atoms with E-state index in [0.29, 0.717) is 18.4 Å². The average Bonchev–Trinajstić information content (AvgIpc) is 2.82. The summed E-state index contributed by atoms with van der Waals surface area (Å²) in [6.07, 6.45) is 0. The van der Waals surface area contributed by atoms with Crippen molar-refractivity contribution in [2.75, 3.05) is 29.2 Å². The van der Waals surface area contributed by atoms with Gasteiger partial charge < -0.3 is 10.2 Å². The van der Waals surface area contributed by atoms with Crippen LogP contribution in [-0.4, -0.2) is 20.1 Å². The first-order valence-electron chi connectivity index (χ1n) is 13.0. The lowest BCUT2D eigenvalue weighted by molar-refractivity contribution is 0.256. The SMILES string of the molecule is CC(C)c1cccc(C(C)C)c1NC(=O)N(Cc1ccc(N(C)C)cc1)c1ccc(C(C)(C)C)cc1. The number of para-hydroxylation sites is 1. The predicted molar refractivity (Wildman–Crippen MR) is 156 cm³/mol. The van der Waals surface area contributed by atoms with Gasteiger partial charge in [0.2, 0.25) is 0 Å². The highest BCUT2D eigenvalue weighted by molar-refractivity contribution is 6.02. The lowest BCUT2D eigenvalue weighted by Gasteiger charge is -2.27. The first-order valence-corrected chi connectivity index (χ1v) is 13.0. The third-order valence-electron chi connectivity index (χ3n) is 6.69. The van der Waals surface area contributed by atoms with E-state index in [-0.39, 0.29) is 11.4 Å². The van der Waals surface area contributed by atoms with Gasteiger partial charge in [-0.05, 0) is 63.8 Å². The zero-order valence-corrected chi connectivity index (χ0v) is 23.5. The minimum atomic E-state index is -0.120. The van der Waals surface area contributed by atoms with Gasteiger partial charge in [0.05, 0.1) is 6.54 Å². The van der Waals surface area contributed by atoms with Crippen LogP contribution in [0.3, 0.4) is 0 Å². The predicted octanol–water partition coefficient (Wildman–Crippen LogP) is 8.54. The molecule has 0 aliphatic rings. The minimum Gasteiger partial charge on any atom is -0.378 e. The van der Waals surface area contributed by atoms with Gasteiger partial charge in [0.15, 0.2) is 0 Å². The van der Waals surface area contributed by atoms with Crippen LogP contribution in [0.2, 0.25) is 0 Å². The number of hydrogen-bond donors (Lipinski definition) is 1.